The summed E-state index contributed by atoms with van der Waals surface area (Å²) >= 11 is 0. The Morgan fingerprint density at radius 1 is 1.50 bits per heavy atom. The topological polar surface area (TPSA) is 56.2 Å². The minimum absolute atomic E-state index is 0.687. The molecule has 0 atom stereocenters. The van der Waals surface area contributed by atoms with Crippen LogP contribution >= 0.6 is 0 Å². The van der Waals surface area contributed by atoms with Crippen molar-refractivity contribution in [1.29, 1.82) is 0 Å². The van der Waals surface area contributed by atoms with Gasteiger partial charge in [0.05, 0.1) is 5.69 Å². The molecule has 16 heavy (non-hydrogen) atoms. The maximum atomic E-state index is 5.98. The van der Waals surface area contributed by atoms with E-state index in [0.29, 0.717) is 5.92 Å². The number of nitrogens with two attached hydrogens (primary N) is 1. The van der Waals surface area contributed by atoms with Crippen LogP contribution in [0.25, 0.3) is 5.65 Å². The molecule has 1 aliphatic carbocycles. The van der Waals surface area contributed by atoms with Gasteiger partial charge in [-0.25, -0.2) is 9.50 Å². The maximum Gasteiger partial charge on any atom is 0.178 e. The fourth-order valence-corrected chi connectivity index (χ4v) is 2.23. The van der Waals surface area contributed by atoms with Crippen molar-refractivity contribution >= 4 is 11.3 Å². The lowest BCUT2D eigenvalue weighted by atomic mass is 9.81. The zero-order valence-electron chi connectivity index (χ0n) is 9.48. The normalized spacial score (nSPS) is 16.6. The molecule has 0 bridgehead atoms. The second kappa shape index (κ2) is 3.47. The lowest BCUT2D eigenvalue weighted by Crippen LogP contribution is -2.10. The van der Waals surface area contributed by atoms with Crippen molar-refractivity contribution in [2.24, 2.45) is 0 Å². The lowest BCUT2D eigenvalue weighted by Gasteiger charge is -2.25. The van der Waals surface area contributed by atoms with E-state index in [1.165, 1.54) is 24.8 Å². The van der Waals surface area contributed by atoms with Gasteiger partial charge in [-0.1, -0.05) is 13.3 Å². The number of fused-ring (bicyclic) bond motifs is 1. The molecule has 2 N–H and O–H groups in total. The number of nitrogen functional groups attached to an aromatic ring is 1. The van der Waals surface area contributed by atoms with Gasteiger partial charge in [-0.15, -0.1) is 0 Å². The Morgan fingerprint density at radius 3 is 2.94 bits per heavy atom. The SMILES string of the molecule is CCc1nn2cc(C3CCC3)cnc2c1N. The van der Waals surface area contributed by atoms with Gasteiger partial charge in [0, 0.05) is 12.4 Å². The van der Waals surface area contributed by atoms with Gasteiger partial charge >= 0.3 is 0 Å². The van der Waals surface area contributed by atoms with E-state index in [2.05, 4.69) is 23.2 Å². The molecule has 3 rings (SSSR count). The Kier molecular flexibility index (Phi) is 2.09. The zero-order valence-corrected chi connectivity index (χ0v) is 9.48. The molecular weight excluding hydrogens is 200 g/mol. The van der Waals surface area contributed by atoms with Gasteiger partial charge in [0.2, 0.25) is 0 Å². The molecule has 0 aromatic carbocycles. The second-order valence-corrected chi connectivity index (χ2v) is 4.50. The highest BCUT2D eigenvalue weighted by Gasteiger charge is 2.21. The second-order valence-electron chi connectivity index (χ2n) is 4.50. The van der Waals surface area contributed by atoms with Gasteiger partial charge < -0.3 is 5.73 Å². The van der Waals surface area contributed by atoms with Crippen molar-refractivity contribution < 1.29 is 0 Å². The fraction of sp³-hybridized carbons (Fsp3) is 0.500. The molecule has 4 nitrogen and oxygen atoms in total. The number of aryl methyl sites for hydroxylation is 1. The Balaban J connectivity index is 2.10. The zero-order chi connectivity index (χ0) is 11.1. The number of aromatic nitrogens is 3. The summed E-state index contributed by atoms with van der Waals surface area (Å²) in [5.41, 5.74) is 9.73. The van der Waals surface area contributed by atoms with Crippen LogP contribution in [0.2, 0.25) is 0 Å². The van der Waals surface area contributed by atoms with Gasteiger partial charge in [-0.2, -0.15) is 5.10 Å². The number of rotatable bonds is 2. The van der Waals surface area contributed by atoms with E-state index in [0.717, 1.165) is 23.4 Å². The minimum Gasteiger partial charge on any atom is -0.394 e. The first-order valence-electron chi connectivity index (χ1n) is 5.92. The number of nitrogens with zero attached hydrogens (tertiary/aromatic N) is 3. The van der Waals surface area contributed by atoms with Crippen molar-refractivity contribution in [3.63, 3.8) is 0 Å². The summed E-state index contributed by atoms with van der Waals surface area (Å²) in [6.07, 6.45) is 8.80. The van der Waals surface area contributed by atoms with Gasteiger partial charge in [0.25, 0.3) is 0 Å². The summed E-state index contributed by atoms with van der Waals surface area (Å²) < 4.78 is 1.84. The van der Waals surface area contributed by atoms with E-state index < -0.39 is 0 Å². The monoisotopic (exact) mass is 216 g/mol. The number of hydrogen-bond donors (Lipinski definition) is 1. The third-order valence-corrected chi connectivity index (χ3v) is 3.52. The lowest BCUT2D eigenvalue weighted by molar-refractivity contribution is 0.417. The Morgan fingerprint density at radius 2 is 2.31 bits per heavy atom. The molecule has 0 amide bonds. The van der Waals surface area contributed by atoms with Crippen molar-refractivity contribution in [3.05, 3.63) is 23.7 Å². The van der Waals surface area contributed by atoms with Crippen molar-refractivity contribution in [2.75, 3.05) is 5.73 Å². The highest BCUT2D eigenvalue weighted by atomic mass is 15.3. The fourth-order valence-electron chi connectivity index (χ4n) is 2.23. The van der Waals surface area contributed by atoms with Crippen LogP contribution in [-0.4, -0.2) is 14.6 Å². The predicted octanol–water partition coefficient (Wildman–Crippen LogP) is 2.14. The molecular formula is C12H16N4. The summed E-state index contributed by atoms with van der Waals surface area (Å²) in [5, 5.41) is 4.46. The third kappa shape index (κ3) is 1.29. The summed E-state index contributed by atoms with van der Waals surface area (Å²) in [6.45, 7) is 2.06. The van der Waals surface area contributed by atoms with E-state index in [1.807, 2.05) is 10.7 Å². The Hall–Kier alpha value is -1.58. The molecule has 84 valence electrons. The summed E-state index contributed by atoms with van der Waals surface area (Å²) in [6, 6.07) is 0. The van der Waals surface area contributed by atoms with E-state index in [4.69, 9.17) is 5.73 Å². The average Bonchev–Trinajstić information content (AvgIpc) is 2.53. The molecule has 0 aliphatic heterocycles. The van der Waals surface area contributed by atoms with Crippen molar-refractivity contribution in [1.82, 2.24) is 14.6 Å². The molecule has 0 radical (unpaired) electrons. The van der Waals surface area contributed by atoms with Crippen LogP contribution in [0.4, 0.5) is 5.69 Å². The van der Waals surface area contributed by atoms with Gasteiger partial charge in [-0.3, -0.25) is 0 Å². The van der Waals surface area contributed by atoms with Crippen molar-refractivity contribution in [2.45, 2.75) is 38.5 Å². The summed E-state index contributed by atoms with van der Waals surface area (Å²) in [4.78, 5) is 4.43. The van der Waals surface area contributed by atoms with E-state index in [9.17, 15) is 0 Å². The number of hydrogen-bond acceptors (Lipinski definition) is 3. The van der Waals surface area contributed by atoms with Gasteiger partial charge in [0.1, 0.15) is 5.69 Å². The highest BCUT2D eigenvalue weighted by molar-refractivity contribution is 5.67. The summed E-state index contributed by atoms with van der Waals surface area (Å²) in [7, 11) is 0. The van der Waals surface area contributed by atoms with Gasteiger partial charge in [0.15, 0.2) is 5.65 Å². The predicted molar refractivity (Wildman–Crippen MR) is 63.4 cm³/mol. The number of anilines is 1. The maximum absolute atomic E-state index is 5.98. The van der Waals surface area contributed by atoms with Crippen LogP contribution < -0.4 is 5.73 Å². The largest absolute Gasteiger partial charge is 0.394 e. The molecule has 1 saturated carbocycles. The Labute approximate surface area is 94.5 Å². The Bertz CT molecular complexity index is 525. The van der Waals surface area contributed by atoms with Crippen LogP contribution in [0.5, 0.6) is 0 Å². The molecule has 2 heterocycles. The summed E-state index contributed by atoms with van der Waals surface area (Å²) in [5.74, 6) is 0.687. The molecule has 0 spiro atoms. The molecule has 4 heteroatoms. The molecule has 0 unspecified atom stereocenters. The smallest absolute Gasteiger partial charge is 0.178 e. The molecule has 2 aromatic rings. The quantitative estimate of drug-likeness (QED) is 0.836. The average molecular weight is 216 g/mol. The molecule has 2 aromatic heterocycles. The van der Waals surface area contributed by atoms with Crippen LogP contribution in [0, 0.1) is 0 Å². The van der Waals surface area contributed by atoms with Crippen LogP contribution in [0.1, 0.15) is 43.4 Å². The molecule has 1 fully saturated rings. The first-order chi connectivity index (χ1) is 7.79. The van der Waals surface area contributed by atoms with Crippen LogP contribution in [0.3, 0.4) is 0 Å². The van der Waals surface area contributed by atoms with E-state index >= 15 is 0 Å². The van der Waals surface area contributed by atoms with Gasteiger partial charge in [-0.05, 0) is 30.7 Å². The van der Waals surface area contributed by atoms with Crippen LogP contribution in [-0.2, 0) is 6.42 Å². The first-order valence-corrected chi connectivity index (χ1v) is 5.92. The first kappa shape index (κ1) is 9.63. The van der Waals surface area contributed by atoms with E-state index in [1.54, 1.807) is 0 Å². The third-order valence-electron chi connectivity index (χ3n) is 3.52. The molecule has 0 saturated heterocycles. The standard InChI is InChI=1S/C12H16N4/c1-2-10-11(13)12-14-6-9(7-16(12)15-10)8-4-3-5-8/h6-8H,2-5,13H2,1H3. The highest BCUT2D eigenvalue weighted by Crippen LogP contribution is 2.36. The van der Waals surface area contributed by atoms with Crippen LogP contribution in [0.15, 0.2) is 12.4 Å². The van der Waals surface area contributed by atoms with E-state index in [-0.39, 0.29) is 0 Å². The molecule has 1 aliphatic rings. The van der Waals surface area contributed by atoms with Crippen molar-refractivity contribution in [3.8, 4) is 0 Å². The minimum atomic E-state index is 0.687.